The Hall–Kier alpha value is 0.310. The summed E-state index contributed by atoms with van der Waals surface area (Å²) in [6.07, 6.45) is 3.31. The van der Waals surface area contributed by atoms with Gasteiger partial charge in [-0.15, -0.1) is 24.0 Å². The molecule has 0 aromatic heterocycles. The molecule has 6 heteroatoms. The Balaban J connectivity index is 0.00000361. The van der Waals surface area contributed by atoms with Crippen LogP contribution in [0.1, 0.15) is 27.2 Å². The van der Waals surface area contributed by atoms with Crippen molar-refractivity contribution in [3.63, 3.8) is 0 Å². The van der Waals surface area contributed by atoms with Crippen LogP contribution < -0.4 is 5.32 Å². The SMILES string of the molecule is CCNC(=NCC(C)(C)SC)N(C)CC1CCOC1.I. The van der Waals surface area contributed by atoms with Crippen molar-refractivity contribution in [3.8, 4) is 0 Å². The van der Waals surface area contributed by atoms with Crippen molar-refractivity contribution in [2.45, 2.75) is 31.9 Å². The standard InChI is InChI=1S/C14H29N3OS.HI/c1-6-15-13(16-11-14(2,3)19-5)17(4)9-12-7-8-18-10-12;/h12H,6-11H2,1-5H3,(H,15,16);1H. The molecule has 0 bridgehead atoms. The van der Waals surface area contributed by atoms with E-state index in [1.54, 1.807) is 0 Å². The van der Waals surface area contributed by atoms with Gasteiger partial charge in [-0.3, -0.25) is 4.99 Å². The molecule has 1 atom stereocenters. The maximum absolute atomic E-state index is 5.44. The highest BCUT2D eigenvalue weighted by molar-refractivity contribution is 14.0. The zero-order valence-corrected chi connectivity index (χ0v) is 16.6. The van der Waals surface area contributed by atoms with Crippen LogP contribution in [0.5, 0.6) is 0 Å². The van der Waals surface area contributed by atoms with Crippen LogP contribution in [0.4, 0.5) is 0 Å². The molecule has 1 aliphatic heterocycles. The first-order valence-corrected chi connectivity index (χ1v) is 8.33. The fraction of sp³-hybridized carbons (Fsp3) is 0.929. The summed E-state index contributed by atoms with van der Waals surface area (Å²) in [6, 6.07) is 0. The minimum atomic E-state index is 0. The van der Waals surface area contributed by atoms with Crippen LogP contribution in [0.15, 0.2) is 4.99 Å². The van der Waals surface area contributed by atoms with Crippen LogP contribution in [0.25, 0.3) is 0 Å². The number of guanidine groups is 1. The number of rotatable bonds is 6. The second-order valence-electron chi connectivity index (χ2n) is 5.74. The first-order chi connectivity index (χ1) is 8.98. The van der Waals surface area contributed by atoms with Crippen molar-refractivity contribution < 1.29 is 4.74 Å². The molecule has 120 valence electrons. The van der Waals surface area contributed by atoms with Gasteiger partial charge in [0.05, 0.1) is 13.2 Å². The molecule has 4 nitrogen and oxygen atoms in total. The molecule has 1 aliphatic rings. The minimum absolute atomic E-state index is 0. The largest absolute Gasteiger partial charge is 0.381 e. The average Bonchev–Trinajstić information content (AvgIpc) is 2.87. The molecule has 1 fully saturated rings. The third-order valence-corrected chi connectivity index (χ3v) is 4.65. The predicted octanol–water partition coefficient (Wildman–Crippen LogP) is 2.68. The summed E-state index contributed by atoms with van der Waals surface area (Å²) < 4.78 is 5.63. The summed E-state index contributed by atoms with van der Waals surface area (Å²) in [5.74, 6) is 1.65. The summed E-state index contributed by atoms with van der Waals surface area (Å²) in [5.41, 5.74) is 0. The van der Waals surface area contributed by atoms with Gasteiger partial charge >= 0.3 is 0 Å². The Bertz CT molecular complexity index is 294. The number of hydrogen-bond acceptors (Lipinski definition) is 3. The molecule has 0 aromatic carbocycles. The van der Waals surface area contributed by atoms with Gasteiger partial charge in [0.1, 0.15) is 0 Å². The van der Waals surface area contributed by atoms with Gasteiger partial charge in [0.2, 0.25) is 0 Å². The molecule has 0 aliphatic carbocycles. The first-order valence-electron chi connectivity index (χ1n) is 7.11. The molecule has 0 spiro atoms. The average molecular weight is 415 g/mol. The van der Waals surface area contributed by atoms with Gasteiger partial charge in [-0.1, -0.05) is 0 Å². The van der Waals surface area contributed by atoms with E-state index in [0.717, 1.165) is 38.8 Å². The zero-order chi connectivity index (χ0) is 14.3. The third-order valence-electron chi connectivity index (χ3n) is 3.41. The van der Waals surface area contributed by atoms with E-state index in [-0.39, 0.29) is 28.7 Å². The number of ether oxygens (including phenoxy) is 1. The number of nitrogens with zero attached hydrogens (tertiary/aromatic N) is 2. The summed E-state index contributed by atoms with van der Waals surface area (Å²) in [7, 11) is 2.12. The monoisotopic (exact) mass is 415 g/mol. The second-order valence-corrected chi connectivity index (χ2v) is 7.26. The highest BCUT2D eigenvalue weighted by atomic mass is 127. The minimum Gasteiger partial charge on any atom is -0.381 e. The number of hydrogen-bond donors (Lipinski definition) is 1. The number of thioether (sulfide) groups is 1. The summed E-state index contributed by atoms with van der Waals surface area (Å²) in [4.78, 5) is 7.00. The van der Waals surface area contributed by atoms with Gasteiger partial charge in [0, 0.05) is 37.4 Å². The van der Waals surface area contributed by atoms with E-state index in [1.165, 1.54) is 6.42 Å². The molecule has 20 heavy (non-hydrogen) atoms. The molecule has 0 radical (unpaired) electrons. The molecule has 1 rings (SSSR count). The topological polar surface area (TPSA) is 36.9 Å². The molecule has 1 unspecified atom stereocenters. The molecular formula is C14H30IN3OS. The summed E-state index contributed by atoms with van der Waals surface area (Å²) in [5, 5.41) is 3.38. The molecule has 1 heterocycles. The molecule has 0 saturated carbocycles. The highest BCUT2D eigenvalue weighted by Crippen LogP contribution is 2.21. The van der Waals surface area contributed by atoms with Crippen LogP contribution >= 0.6 is 35.7 Å². The zero-order valence-electron chi connectivity index (χ0n) is 13.4. The first kappa shape index (κ1) is 20.3. The van der Waals surface area contributed by atoms with Crippen molar-refractivity contribution >= 4 is 41.7 Å². The van der Waals surface area contributed by atoms with Crippen LogP contribution in [0, 0.1) is 5.92 Å². The smallest absolute Gasteiger partial charge is 0.193 e. The molecule has 0 aromatic rings. The Kier molecular flexibility index (Phi) is 10.3. The lowest BCUT2D eigenvalue weighted by molar-refractivity contribution is 0.181. The maximum Gasteiger partial charge on any atom is 0.193 e. The fourth-order valence-corrected chi connectivity index (χ4v) is 2.19. The molecule has 1 saturated heterocycles. The van der Waals surface area contributed by atoms with Crippen LogP contribution in [0.3, 0.4) is 0 Å². The Labute approximate surface area is 145 Å². The third kappa shape index (κ3) is 7.36. The summed E-state index contributed by atoms with van der Waals surface area (Å²) >= 11 is 1.86. The van der Waals surface area contributed by atoms with Gasteiger partial charge in [-0.25, -0.2) is 0 Å². The van der Waals surface area contributed by atoms with Crippen molar-refractivity contribution in [3.05, 3.63) is 0 Å². The number of aliphatic imine (C=N–C) groups is 1. The molecule has 1 N–H and O–H groups in total. The maximum atomic E-state index is 5.44. The molecule has 0 amide bonds. The summed E-state index contributed by atoms with van der Waals surface area (Å²) in [6.45, 7) is 11.1. The number of nitrogens with one attached hydrogen (secondary N) is 1. The van der Waals surface area contributed by atoms with Gasteiger partial charge < -0.3 is 15.0 Å². The lowest BCUT2D eigenvalue weighted by Gasteiger charge is -2.26. The van der Waals surface area contributed by atoms with E-state index in [4.69, 9.17) is 9.73 Å². The van der Waals surface area contributed by atoms with Crippen LogP contribution in [0.2, 0.25) is 0 Å². The Morgan fingerprint density at radius 2 is 2.20 bits per heavy atom. The van der Waals surface area contributed by atoms with Gasteiger partial charge in [-0.05, 0) is 33.4 Å². The Morgan fingerprint density at radius 3 is 2.70 bits per heavy atom. The van der Waals surface area contributed by atoms with Gasteiger partial charge in [-0.2, -0.15) is 11.8 Å². The fourth-order valence-electron chi connectivity index (χ4n) is 2.00. The van der Waals surface area contributed by atoms with E-state index in [0.29, 0.717) is 5.92 Å². The van der Waals surface area contributed by atoms with Crippen LogP contribution in [-0.2, 0) is 4.74 Å². The lowest BCUT2D eigenvalue weighted by Crippen LogP contribution is -2.42. The normalized spacial score (nSPS) is 19.6. The van der Waals surface area contributed by atoms with Crippen molar-refractivity contribution in [2.24, 2.45) is 10.9 Å². The van der Waals surface area contributed by atoms with Crippen molar-refractivity contribution in [2.75, 3.05) is 46.2 Å². The van der Waals surface area contributed by atoms with E-state index < -0.39 is 0 Å². The number of halogens is 1. The van der Waals surface area contributed by atoms with E-state index in [9.17, 15) is 0 Å². The second kappa shape index (κ2) is 10.1. The molecular weight excluding hydrogens is 385 g/mol. The van der Waals surface area contributed by atoms with Crippen molar-refractivity contribution in [1.82, 2.24) is 10.2 Å². The van der Waals surface area contributed by atoms with Crippen molar-refractivity contribution in [1.29, 1.82) is 0 Å². The van der Waals surface area contributed by atoms with Gasteiger partial charge in [0.25, 0.3) is 0 Å². The highest BCUT2D eigenvalue weighted by Gasteiger charge is 2.20. The van der Waals surface area contributed by atoms with Gasteiger partial charge in [0.15, 0.2) is 5.96 Å². The lowest BCUT2D eigenvalue weighted by atomic mass is 10.1. The quantitative estimate of drug-likeness (QED) is 0.411. The predicted molar refractivity (Wildman–Crippen MR) is 101 cm³/mol. The van der Waals surface area contributed by atoms with Crippen LogP contribution in [-0.4, -0.2) is 61.8 Å². The van der Waals surface area contributed by atoms with E-state index in [2.05, 4.69) is 44.3 Å². The van der Waals surface area contributed by atoms with E-state index >= 15 is 0 Å². The van der Waals surface area contributed by atoms with E-state index in [1.807, 2.05) is 11.8 Å². The Morgan fingerprint density at radius 1 is 1.50 bits per heavy atom.